The summed E-state index contributed by atoms with van der Waals surface area (Å²) in [7, 11) is 0. The van der Waals surface area contributed by atoms with E-state index in [9.17, 15) is 4.79 Å². The van der Waals surface area contributed by atoms with Crippen LogP contribution in [-0.2, 0) is 4.79 Å². The number of aliphatic imine (C=N–C) groups is 1. The van der Waals surface area contributed by atoms with Gasteiger partial charge in [0.25, 0.3) is 0 Å². The average Bonchev–Trinajstić information content (AvgIpc) is 2.52. The Morgan fingerprint density at radius 3 is 2.05 bits per heavy atom. The number of hydrogen-bond acceptors (Lipinski definition) is 3. The van der Waals surface area contributed by atoms with Crippen molar-refractivity contribution in [2.75, 3.05) is 6.54 Å². The van der Waals surface area contributed by atoms with Crippen LogP contribution in [-0.4, -0.2) is 24.0 Å². The van der Waals surface area contributed by atoms with Gasteiger partial charge in [-0.2, -0.15) is 0 Å². The van der Waals surface area contributed by atoms with Gasteiger partial charge in [-0.1, -0.05) is 60.7 Å². The molecule has 0 bridgehead atoms. The molecule has 3 N–H and O–H groups in total. The average molecular weight is 283 g/mol. The van der Waals surface area contributed by atoms with Crippen molar-refractivity contribution in [1.82, 2.24) is 10.9 Å². The van der Waals surface area contributed by atoms with Crippen molar-refractivity contribution in [2.24, 2.45) is 4.99 Å². The van der Waals surface area contributed by atoms with Crippen molar-refractivity contribution < 1.29 is 9.90 Å². The first-order valence-electron chi connectivity index (χ1n) is 6.58. The summed E-state index contributed by atoms with van der Waals surface area (Å²) in [5.74, 6) is -0.962. The Hall–Kier alpha value is -2.66. The summed E-state index contributed by atoms with van der Waals surface area (Å²) in [4.78, 5) is 14.1. The molecule has 2 aromatic carbocycles. The highest BCUT2D eigenvalue weighted by Crippen LogP contribution is 2.20. The molecular weight excluding hydrogens is 266 g/mol. The number of carboxylic acid groups (broad SMARTS) is 1. The molecule has 5 nitrogen and oxygen atoms in total. The van der Waals surface area contributed by atoms with E-state index in [2.05, 4.69) is 15.8 Å². The van der Waals surface area contributed by atoms with Crippen LogP contribution in [0.2, 0.25) is 0 Å². The summed E-state index contributed by atoms with van der Waals surface area (Å²) < 4.78 is 0. The number of nitrogens with zero attached hydrogens (tertiary/aromatic N) is 1. The van der Waals surface area contributed by atoms with Gasteiger partial charge < -0.3 is 10.5 Å². The Morgan fingerprint density at radius 2 is 1.57 bits per heavy atom. The zero-order valence-electron chi connectivity index (χ0n) is 11.4. The van der Waals surface area contributed by atoms with Crippen LogP contribution in [0, 0.1) is 0 Å². The molecule has 0 radical (unpaired) electrons. The summed E-state index contributed by atoms with van der Waals surface area (Å²) >= 11 is 0. The summed E-state index contributed by atoms with van der Waals surface area (Å²) in [6, 6.07) is 19.9. The van der Waals surface area contributed by atoms with Gasteiger partial charge in [0.05, 0.1) is 12.4 Å². The summed E-state index contributed by atoms with van der Waals surface area (Å²) in [6.07, 6.45) is 1.35. The molecule has 0 atom stereocenters. The van der Waals surface area contributed by atoms with E-state index in [-0.39, 0.29) is 12.6 Å². The van der Waals surface area contributed by atoms with Gasteiger partial charge in [0, 0.05) is 0 Å². The van der Waals surface area contributed by atoms with Crippen molar-refractivity contribution in [3.63, 3.8) is 0 Å². The first-order chi connectivity index (χ1) is 10.3. The van der Waals surface area contributed by atoms with Crippen LogP contribution >= 0.6 is 0 Å². The molecule has 0 amide bonds. The third-order valence-electron chi connectivity index (χ3n) is 2.88. The number of nitrogens with one attached hydrogen (secondary N) is 2. The molecule has 0 spiro atoms. The van der Waals surface area contributed by atoms with Crippen LogP contribution in [0.3, 0.4) is 0 Å². The maximum Gasteiger partial charge on any atom is 0.325 e. The number of benzene rings is 2. The Morgan fingerprint density at radius 1 is 1.05 bits per heavy atom. The minimum absolute atomic E-state index is 0.0521. The van der Waals surface area contributed by atoms with Crippen molar-refractivity contribution in [3.8, 4) is 0 Å². The van der Waals surface area contributed by atoms with Crippen molar-refractivity contribution in [1.29, 1.82) is 0 Å². The first kappa shape index (κ1) is 14.7. The van der Waals surface area contributed by atoms with E-state index in [4.69, 9.17) is 5.11 Å². The number of carboxylic acids is 1. The predicted octanol–water partition coefficient (Wildman–Crippen LogP) is 1.98. The molecule has 0 aliphatic carbocycles. The molecule has 108 valence electrons. The SMILES string of the molecule is O=C(O)CN=CNNC(c1ccccc1)c1ccccc1. The number of rotatable bonds is 7. The lowest BCUT2D eigenvalue weighted by molar-refractivity contribution is -0.135. The number of carbonyl (C=O) groups is 1. The Labute approximate surface area is 123 Å². The molecule has 0 heterocycles. The lowest BCUT2D eigenvalue weighted by atomic mass is 9.99. The van der Waals surface area contributed by atoms with Crippen LogP contribution in [0.1, 0.15) is 17.2 Å². The van der Waals surface area contributed by atoms with Gasteiger partial charge in [-0.05, 0) is 11.1 Å². The van der Waals surface area contributed by atoms with E-state index in [1.807, 2.05) is 60.7 Å². The highest BCUT2D eigenvalue weighted by molar-refractivity contribution is 5.71. The van der Waals surface area contributed by atoms with E-state index in [0.29, 0.717) is 0 Å². The van der Waals surface area contributed by atoms with Gasteiger partial charge in [0.1, 0.15) is 6.54 Å². The second kappa shape index (κ2) is 7.81. The second-order valence-electron chi connectivity index (χ2n) is 4.41. The van der Waals surface area contributed by atoms with Gasteiger partial charge >= 0.3 is 5.97 Å². The lowest BCUT2D eigenvalue weighted by Crippen LogP contribution is -2.35. The number of aliphatic carboxylic acids is 1. The van der Waals surface area contributed by atoms with Crippen LogP contribution in [0.25, 0.3) is 0 Å². The zero-order valence-corrected chi connectivity index (χ0v) is 11.4. The monoisotopic (exact) mass is 283 g/mol. The van der Waals surface area contributed by atoms with E-state index in [1.54, 1.807) is 0 Å². The van der Waals surface area contributed by atoms with Crippen molar-refractivity contribution in [2.45, 2.75) is 6.04 Å². The fourth-order valence-electron chi connectivity index (χ4n) is 1.94. The number of hydrazine groups is 1. The van der Waals surface area contributed by atoms with E-state index < -0.39 is 5.97 Å². The minimum Gasteiger partial charge on any atom is -0.480 e. The molecule has 2 rings (SSSR count). The van der Waals surface area contributed by atoms with Crippen LogP contribution in [0.4, 0.5) is 0 Å². The molecule has 2 aromatic rings. The standard InChI is InChI=1S/C16H17N3O2/c20-15(21)11-17-12-18-19-16(13-7-3-1-4-8-13)14-9-5-2-6-10-14/h1-10,12,16,19H,11H2,(H,17,18)(H,20,21). The van der Waals surface area contributed by atoms with E-state index >= 15 is 0 Å². The van der Waals surface area contributed by atoms with Gasteiger partial charge in [-0.25, -0.2) is 5.43 Å². The van der Waals surface area contributed by atoms with Gasteiger partial charge in [0.2, 0.25) is 0 Å². The first-order valence-corrected chi connectivity index (χ1v) is 6.58. The smallest absolute Gasteiger partial charge is 0.325 e. The Kier molecular flexibility index (Phi) is 5.49. The Balaban J connectivity index is 2.07. The summed E-state index contributed by atoms with van der Waals surface area (Å²) in [5.41, 5.74) is 8.17. The number of hydrogen-bond donors (Lipinski definition) is 3. The second-order valence-corrected chi connectivity index (χ2v) is 4.41. The van der Waals surface area contributed by atoms with Gasteiger partial charge in [-0.15, -0.1) is 0 Å². The molecule has 5 heteroatoms. The maximum absolute atomic E-state index is 10.4. The molecular formula is C16H17N3O2. The van der Waals surface area contributed by atoms with Crippen LogP contribution in [0.15, 0.2) is 65.7 Å². The molecule has 21 heavy (non-hydrogen) atoms. The molecule has 0 aromatic heterocycles. The van der Waals surface area contributed by atoms with Crippen molar-refractivity contribution >= 4 is 12.3 Å². The van der Waals surface area contributed by atoms with Crippen molar-refractivity contribution in [3.05, 3.63) is 71.8 Å². The highest BCUT2D eigenvalue weighted by atomic mass is 16.4. The molecule has 0 aliphatic heterocycles. The molecule has 0 fully saturated rings. The lowest BCUT2D eigenvalue weighted by Gasteiger charge is -2.19. The molecule has 0 unspecified atom stereocenters. The van der Waals surface area contributed by atoms with Crippen LogP contribution in [0.5, 0.6) is 0 Å². The quantitative estimate of drug-likeness (QED) is 0.413. The minimum atomic E-state index is -0.962. The molecule has 0 saturated carbocycles. The maximum atomic E-state index is 10.4. The fourth-order valence-corrected chi connectivity index (χ4v) is 1.94. The largest absolute Gasteiger partial charge is 0.480 e. The zero-order chi connectivity index (χ0) is 14.9. The Bertz CT molecular complexity index is 545. The summed E-state index contributed by atoms with van der Waals surface area (Å²) in [5, 5.41) is 8.52. The predicted molar refractivity (Wildman–Crippen MR) is 82.0 cm³/mol. The third-order valence-corrected chi connectivity index (χ3v) is 2.88. The van der Waals surface area contributed by atoms with Gasteiger partial charge in [0.15, 0.2) is 0 Å². The fraction of sp³-hybridized carbons (Fsp3) is 0.125. The van der Waals surface area contributed by atoms with E-state index in [1.165, 1.54) is 6.34 Å². The summed E-state index contributed by atoms with van der Waals surface area (Å²) in [6.45, 7) is -0.254. The highest BCUT2D eigenvalue weighted by Gasteiger charge is 2.12. The molecule has 0 saturated heterocycles. The van der Waals surface area contributed by atoms with E-state index in [0.717, 1.165) is 11.1 Å². The topological polar surface area (TPSA) is 73.7 Å². The normalized spacial score (nSPS) is 10.9. The molecule has 0 aliphatic rings. The van der Waals surface area contributed by atoms with Gasteiger partial charge in [-0.3, -0.25) is 9.79 Å². The third kappa shape index (κ3) is 4.74. The van der Waals surface area contributed by atoms with Crippen LogP contribution < -0.4 is 10.9 Å².